The second-order valence-corrected chi connectivity index (χ2v) is 5.24. The summed E-state index contributed by atoms with van der Waals surface area (Å²) in [5.41, 5.74) is 1.55. The highest BCUT2D eigenvalue weighted by Gasteiger charge is 2.28. The summed E-state index contributed by atoms with van der Waals surface area (Å²) >= 11 is 0. The van der Waals surface area contributed by atoms with E-state index in [1.54, 1.807) is 11.0 Å². The van der Waals surface area contributed by atoms with Crippen LogP contribution in [0.4, 0.5) is 0 Å². The van der Waals surface area contributed by atoms with Crippen LogP contribution in [-0.2, 0) is 0 Å². The average molecular weight is 358 g/mol. The second-order valence-electron chi connectivity index (χ2n) is 5.24. The van der Waals surface area contributed by atoms with Gasteiger partial charge in [0, 0.05) is 24.7 Å². The summed E-state index contributed by atoms with van der Waals surface area (Å²) in [6, 6.07) is 7.81. The molecular formula is C15H21Cl2N5O. The summed E-state index contributed by atoms with van der Waals surface area (Å²) in [5.74, 6) is 0.0923. The molecule has 2 heterocycles. The molecule has 0 saturated carbocycles. The average Bonchev–Trinajstić information content (AvgIpc) is 3.18. The van der Waals surface area contributed by atoms with E-state index in [1.165, 1.54) is 6.33 Å². The first kappa shape index (κ1) is 19.4. The SMILES string of the molecule is CNCC1CCCN1C(=O)c1cccc(-n2cncn2)c1.Cl.Cl. The summed E-state index contributed by atoms with van der Waals surface area (Å²) in [6.07, 6.45) is 5.25. The van der Waals surface area contributed by atoms with Gasteiger partial charge in [0.25, 0.3) is 5.91 Å². The number of aromatic nitrogens is 3. The molecule has 0 radical (unpaired) electrons. The molecule has 1 aliphatic rings. The van der Waals surface area contributed by atoms with E-state index < -0.39 is 0 Å². The highest BCUT2D eigenvalue weighted by atomic mass is 35.5. The standard InChI is InChI=1S/C15H19N5O.2ClH/c1-16-9-14-6-3-7-19(14)15(21)12-4-2-5-13(8-12)20-11-17-10-18-20;;/h2,4-5,8,10-11,14,16H,3,6-7,9H2,1H3;2*1H. The summed E-state index contributed by atoms with van der Waals surface area (Å²) in [5, 5.41) is 7.26. The van der Waals surface area contributed by atoms with E-state index in [1.807, 2.05) is 36.2 Å². The molecular weight excluding hydrogens is 337 g/mol. The number of likely N-dealkylation sites (tertiary alicyclic amines) is 1. The van der Waals surface area contributed by atoms with Crippen LogP contribution in [0.5, 0.6) is 0 Å². The van der Waals surface area contributed by atoms with E-state index >= 15 is 0 Å². The normalized spacial score (nSPS) is 16.6. The molecule has 1 unspecified atom stereocenters. The van der Waals surface area contributed by atoms with E-state index in [0.29, 0.717) is 5.56 Å². The molecule has 1 atom stereocenters. The van der Waals surface area contributed by atoms with Crippen molar-refractivity contribution in [2.75, 3.05) is 20.1 Å². The molecule has 1 fully saturated rings. The topological polar surface area (TPSA) is 63.1 Å². The Morgan fingerprint density at radius 2 is 2.22 bits per heavy atom. The van der Waals surface area contributed by atoms with Gasteiger partial charge in [-0.25, -0.2) is 9.67 Å². The van der Waals surface area contributed by atoms with Gasteiger partial charge in [0.1, 0.15) is 12.7 Å². The first-order valence-electron chi connectivity index (χ1n) is 7.20. The van der Waals surface area contributed by atoms with Gasteiger partial charge in [-0.3, -0.25) is 4.79 Å². The lowest BCUT2D eigenvalue weighted by Crippen LogP contribution is -2.40. The lowest BCUT2D eigenvalue weighted by atomic mass is 10.1. The quantitative estimate of drug-likeness (QED) is 0.907. The van der Waals surface area contributed by atoms with Gasteiger partial charge in [-0.2, -0.15) is 5.10 Å². The zero-order valence-electron chi connectivity index (χ0n) is 12.9. The van der Waals surface area contributed by atoms with E-state index in [2.05, 4.69) is 15.4 Å². The molecule has 1 aromatic heterocycles. The molecule has 3 rings (SSSR count). The van der Waals surface area contributed by atoms with Gasteiger partial charge >= 0.3 is 0 Å². The molecule has 1 amide bonds. The Kier molecular flexibility index (Phi) is 7.48. The van der Waals surface area contributed by atoms with Gasteiger partial charge in [-0.05, 0) is 38.1 Å². The molecule has 1 N–H and O–H groups in total. The van der Waals surface area contributed by atoms with Crippen LogP contribution in [0.15, 0.2) is 36.9 Å². The number of carbonyl (C=O) groups excluding carboxylic acids is 1. The van der Waals surface area contributed by atoms with Crippen molar-refractivity contribution >= 4 is 30.7 Å². The number of hydrogen-bond donors (Lipinski definition) is 1. The number of nitrogens with zero attached hydrogens (tertiary/aromatic N) is 4. The number of carbonyl (C=O) groups is 1. The minimum atomic E-state index is 0. The number of hydrogen-bond acceptors (Lipinski definition) is 4. The van der Waals surface area contributed by atoms with Crippen molar-refractivity contribution in [1.29, 1.82) is 0 Å². The van der Waals surface area contributed by atoms with Crippen molar-refractivity contribution in [1.82, 2.24) is 25.0 Å². The zero-order valence-corrected chi connectivity index (χ0v) is 14.5. The summed E-state index contributed by atoms with van der Waals surface area (Å²) < 4.78 is 1.66. The largest absolute Gasteiger partial charge is 0.334 e. The smallest absolute Gasteiger partial charge is 0.254 e. The maximum Gasteiger partial charge on any atom is 0.254 e. The van der Waals surface area contributed by atoms with Gasteiger partial charge in [0.05, 0.1) is 5.69 Å². The second kappa shape index (κ2) is 8.86. The van der Waals surface area contributed by atoms with Crippen LogP contribution in [0.3, 0.4) is 0 Å². The number of likely N-dealkylation sites (N-methyl/N-ethyl adjacent to an activating group) is 1. The Morgan fingerprint density at radius 3 is 2.91 bits per heavy atom. The van der Waals surface area contributed by atoms with E-state index in [0.717, 1.165) is 31.6 Å². The Hall–Kier alpha value is -1.63. The van der Waals surface area contributed by atoms with E-state index in [-0.39, 0.29) is 36.8 Å². The highest BCUT2D eigenvalue weighted by Crippen LogP contribution is 2.20. The maximum absolute atomic E-state index is 12.7. The Bertz CT molecular complexity index is 620. The summed E-state index contributed by atoms with van der Waals surface area (Å²) in [7, 11) is 1.92. The van der Waals surface area contributed by atoms with Crippen molar-refractivity contribution < 1.29 is 4.79 Å². The Morgan fingerprint density at radius 1 is 1.39 bits per heavy atom. The monoisotopic (exact) mass is 357 g/mol. The van der Waals surface area contributed by atoms with E-state index in [9.17, 15) is 4.79 Å². The third-order valence-corrected chi connectivity index (χ3v) is 3.85. The molecule has 6 nitrogen and oxygen atoms in total. The molecule has 2 aromatic rings. The lowest BCUT2D eigenvalue weighted by molar-refractivity contribution is 0.0737. The molecule has 0 spiro atoms. The Balaban J connectivity index is 0.00000132. The van der Waals surface area contributed by atoms with Crippen LogP contribution >= 0.6 is 24.8 Å². The number of rotatable bonds is 4. The maximum atomic E-state index is 12.7. The van der Waals surface area contributed by atoms with Crippen molar-refractivity contribution in [3.63, 3.8) is 0 Å². The minimum Gasteiger partial charge on any atom is -0.334 e. The van der Waals surface area contributed by atoms with Crippen LogP contribution in [0.25, 0.3) is 5.69 Å². The Labute approximate surface area is 148 Å². The number of amides is 1. The molecule has 1 saturated heterocycles. The van der Waals surface area contributed by atoms with Crippen LogP contribution in [-0.4, -0.2) is 51.8 Å². The van der Waals surface area contributed by atoms with Gasteiger partial charge in [0.2, 0.25) is 0 Å². The molecule has 0 aliphatic carbocycles. The third kappa shape index (κ3) is 4.22. The van der Waals surface area contributed by atoms with Crippen molar-refractivity contribution in [3.05, 3.63) is 42.5 Å². The van der Waals surface area contributed by atoms with E-state index in [4.69, 9.17) is 0 Å². The fourth-order valence-corrected chi connectivity index (χ4v) is 2.84. The molecule has 126 valence electrons. The lowest BCUT2D eigenvalue weighted by Gasteiger charge is -2.24. The highest BCUT2D eigenvalue weighted by molar-refractivity contribution is 5.95. The molecule has 23 heavy (non-hydrogen) atoms. The predicted molar refractivity (Wildman–Crippen MR) is 93.8 cm³/mol. The van der Waals surface area contributed by atoms with Crippen LogP contribution < -0.4 is 5.32 Å². The fourth-order valence-electron chi connectivity index (χ4n) is 2.84. The molecule has 1 aromatic carbocycles. The molecule has 0 bridgehead atoms. The van der Waals surface area contributed by atoms with Crippen LogP contribution in [0, 0.1) is 0 Å². The first-order valence-corrected chi connectivity index (χ1v) is 7.20. The fraction of sp³-hybridized carbons (Fsp3) is 0.400. The summed E-state index contributed by atoms with van der Waals surface area (Å²) in [4.78, 5) is 18.6. The van der Waals surface area contributed by atoms with Crippen molar-refractivity contribution in [3.8, 4) is 5.69 Å². The number of benzene rings is 1. The first-order chi connectivity index (χ1) is 10.3. The number of halogens is 2. The number of nitrogens with one attached hydrogen (secondary N) is 1. The van der Waals surface area contributed by atoms with Crippen LogP contribution in [0.2, 0.25) is 0 Å². The van der Waals surface area contributed by atoms with Crippen LogP contribution in [0.1, 0.15) is 23.2 Å². The molecule has 1 aliphatic heterocycles. The zero-order chi connectivity index (χ0) is 14.7. The minimum absolute atomic E-state index is 0. The van der Waals surface area contributed by atoms with Gasteiger partial charge in [0.15, 0.2) is 0 Å². The predicted octanol–water partition coefficient (Wildman–Crippen LogP) is 1.93. The van der Waals surface area contributed by atoms with Crippen molar-refractivity contribution in [2.45, 2.75) is 18.9 Å². The van der Waals surface area contributed by atoms with Crippen molar-refractivity contribution in [2.24, 2.45) is 0 Å². The van der Waals surface area contributed by atoms with Gasteiger partial charge < -0.3 is 10.2 Å². The third-order valence-electron chi connectivity index (χ3n) is 3.85. The van der Waals surface area contributed by atoms with Gasteiger partial charge in [-0.1, -0.05) is 6.07 Å². The summed E-state index contributed by atoms with van der Waals surface area (Å²) in [6.45, 7) is 1.67. The molecule has 8 heteroatoms. The van der Waals surface area contributed by atoms with Gasteiger partial charge in [-0.15, -0.1) is 24.8 Å².